The second-order valence-electron chi connectivity index (χ2n) is 6.61. The SMILES string of the molecule is C/C=C\N=C(\Cl)c1cn(Cc2cnc(CCC(C)(F)P)c(C)c2)nc1C. The van der Waals surface area contributed by atoms with Crippen molar-refractivity contribution in [1.82, 2.24) is 14.8 Å². The van der Waals surface area contributed by atoms with Crippen LogP contribution in [0.25, 0.3) is 0 Å². The molecule has 0 aliphatic carbocycles. The van der Waals surface area contributed by atoms with E-state index in [0.717, 1.165) is 28.1 Å². The van der Waals surface area contributed by atoms with E-state index in [9.17, 15) is 4.39 Å². The average molecular weight is 395 g/mol. The van der Waals surface area contributed by atoms with Crippen molar-refractivity contribution in [2.45, 2.75) is 52.5 Å². The number of allylic oxidation sites excluding steroid dienone is 1. The summed E-state index contributed by atoms with van der Waals surface area (Å²) in [7, 11) is 2.23. The van der Waals surface area contributed by atoms with Crippen molar-refractivity contribution in [1.29, 1.82) is 0 Å². The number of pyridine rings is 1. The summed E-state index contributed by atoms with van der Waals surface area (Å²) in [5.41, 5.74) is 4.67. The van der Waals surface area contributed by atoms with Gasteiger partial charge < -0.3 is 0 Å². The largest absolute Gasteiger partial charge is 0.267 e. The first-order valence-electron chi connectivity index (χ1n) is 8.50. The molecular weight excluding hydrogens is 370 g/mol. The molecule has 7 heteroatoms. The molecule has 0 saturated heterocycles. The van der Waals surface area contributed by atoms with Crippen LogP contribution in [0.15, 0.2) is 35.7 Å². The predicted molar refractivity (Wildman–Crippen MR) is 110 cm³/mol. The number of rotatable bonds is 7. The summed E-state index contributed by atoms with van der Waals surface area (Å²) in [4.78, 5) is 8.67. The molecule has 0 amide bonds. The quantitative estimate of drug-likeness (QED) is 0.492. The van der Waals surface area contributed by atoms with Crippen LogP contribution in [0.5, 0.6) is 0 Å². The van der Waals surface area contributed by atoms with Gasteiger partial charge in [0.15, 0.2) is 0 Å². The Balaban J connectivity index is 2.13. The molecule has 0 N–H and O–H groups in total. The van der Waals surface area contributed by atoms with Crippen molar-refractivity contribution in [2.75, 3.05) is 0 Å². The van der Waals surface area contributed by atoms with Crippen LogP contribution in [0.3, 0.4) is 0 Å². The van der Waals surface area contributed by atoms with Crippen LogP contribution in [0, 0.1) is 13.8 Å². The standard InChI is InChI=1S/C19H25ClFN4P/c1-5-8-22-18(20)16-12-25(24-14(16)3)11-15-9-13(2)17(23-10-15)6-7-19(4,21)26/h5,8-10,12H,6-7,11,26H2,1-4H3/b8-5-,22-18+. The number of aliphatic imine (C=N–C) groups is 1. The Labute approximate surface area is 161 Å². The highest BCUT2D eigenvalue weighted by Crippen LogP contribution is 2.26. The van der Waals surface area contributed by atoms with E-state index in [4.69, 9.17) is 11.6 Å². The maximum absolute atomic E-state index is 13.7. The highest BCUT2D eigenvalue weighted by Gasteiger charge is 2.16. The number of halogens is 2. The van der Waals surface area contributed by atoms with E-state index >= 15 is 0 Å². The van der Waals surface area contributed by atoms with E-state index in [0.29, 0.717) is 24.6 Å². The van der Waals surface area contributed by atoms with Gasteiger partial charge in [-0.1, -0.05) is 33.0 Å². The van der Waals surface area contributed by atoms with Crippen LogP contribution < -0.4 is 0 Å². The minimum absolute atomic E-state index is 0.420. The van der Waals surface area contributed by atoms with Gasteiger partial charge in [-0.2, -0.15) is 5.10 Å². The number of aryl methyl sites for hydroxylation is 3. The van der Waals surface area contributed by atoms with Gasteiger partial charge in [0.1, 0.15) is 10.6 Å². The van der Waals surface area contributed by atoms with E-state index < -0.39 is 5.41 Å². The molecule has 0 spiro atoms. The van der Waals surface area contributed by atoms with Crippen molar-refractivity contribution in [3.05, 3.63) is 58.8 Å². The van der Waals surface area contributed by atoms with Gasteiger partial charge in [-0.15, -0.1) is 0 Å². The molecule has 0 bridgehead atoms. The van der Waals surface area contributed by atoms with Crippen LogP contribution in [0.2, 0.25) is 0 Å². The van der Waals surface area contributed by atoms with Crippen molar-refractivity contribution in [3.63, 3.8) is 0 Å². The van der Waals surface area contributed by atoms with Crippen LogP contribution in [0.1, 0.15) is 48.3 Å². The second kappa shape index (κ2) is 8.88. The fourth-order valence-electron chi connectivity index (χ4n) is 2.57. The highest BCUT2D eigenvalue weighted by molar-refractivity contribution is 7.18. The Hall–Kier alpha value is -1.58. The molecule has 0 aliphatic rings. The summed E-state index contributed by atoms with van der Waals surface area (Å²) < 4.78 is 15.5. The summed E-state index contributed by atoms with van der Waals surface area (Å²) in [6.07, 6.45) is 8.23. The van der Waals surface area contributed by atoms with Gasteiger partial charge in [0, 0.05) is 24.3 Å². The molecular formula is C19H25ClFN4P. The van der Waals surface area contributed by atoms with Gasteiger partial charge in [0.2, 0.25) is 0 Å². The Bertz CT molecular complexity index is 821. The summed E-state index contributed by atoms with van der Waals surface area (Å²) in [6, 6.07) is 2.08. The number of nitrogens with zero attached hydrogens (tertiary/aromatic N) is 4. The number of hydrogen-bond donors (Lipinski definition) is 0. The zero-order chi connectivity index (χ0) is 19.3. The molecule has 0 radical (unpaired) electrons. The molecule has 2 aromatic heterocycles. The Morgan fingerprint density at radius 1 is 1.46 bits per heavy atom. The van der Waals surface area contributed by atoms with Crippen LogP contribution in [-0.2, 0) is 13.0 Å². The van der Waals surface area contributed by atoms with Crippen LogP contribution >= 0.6 is 20.8 Å². The van der Waals surface area contributed by atoms with E-state index in [1.807, 2.05) is 43.9 Å². The van der Waals surface area contributed by atoms with Crippen molar-refractivity contribution < 1.29 is 4.39 Å². The molecule has 0 aliphatic heterocycles. The molecule has 2 unspecified atom stereocenters. The fraction of sp³-hybridized carbons (Fsp3) is 0.421. The molecule has 26 heavy (non-hydrogen) atoms. The first-order chi connectivity index (χ1) is 12.2. The van der Waals surface area contributed by atoms with Gasteiger partial charge in [-0.3, -0.25) is 9.67 Å². The number of aromatic nitrogens is 3. The summed E-state index contributed by atoms with van der Waals surface area (Å²) in [5.74, 6) is 0. The fourth-order valence-corrected chi connectivity index (χ4v) is 2.96. The average Bonchev–Trinajstić information content (AvgIpc) is 2.91. The normalized spacial score (nSPS) is 14.8. The van der Waals surface area contributed by atoms with Gasteiger partial charge in [-0.05, 0) is 51.7 Å². The zero-order valence-electron chi connectivity index (χ0n) is 15.6. The van der Waals surface area contributed by atoms with E-state index in [1.54, 1.807) is 13.1 Å². The van der Waals surface area contributed by atoms with Crippen LogP contribution in [0.4, 0.5) is 4.39 Å². The molecule has 0 aromatic carbocycles. The monoisotopic (exact) mass is 394 g/mol. The highest BCUT2D eigenvalue weighted by atomic mass is 35.5. The minimum atomic E-state index is -1.26. The maximum atomic E-state index is 13.7. The molecule has 2 atom stereocenters. The van der Waals surface area contributed by atoms with E-state index in [-0.39, 0.29) is 0 Å². The third-order valence-electron chi connectivity index (χ3n) is 3.94. The Morgan fingerprint density at radius 3 is 2.81 bits per heavy atom. The molecule has 0 fully saturated rings. The van der Waals surface area contributed by atoms with Gasteiger partial charge >= 0.3 is 0 Å². The lowest BCUT2D eigenvalue weighted by Gasteiger charge is -2.14. The van der Waals surface area contributed by atoms with Crippen molar-refractivity contribution >= 4 is 26.0 Å². The van der Waals surface area contributed by atoms with E-state index in [1.165, 1.54) is 0 Å². The topological polar surface area (TPSA) is 43.1 Å². The summed E-state index contributed by atoms with van der Waals surface area (Å²) in [6.45, 7) is 7.95. The summed E-state index contributed by atoms with van der Waals surface area (Å²) >= 11 is 6.22. The first-order valence-corrected chi connectivity index (χ1v) is 9.46. The lowest BCUT2D eigenvalue weighted by molar-refractivity contribution is 0.295. The summed E-state index contributed by atoms with van der Waals surface area (Å²) in [5, 5.41) is 3.66. The predicted octanol–water partition coefficient (Wildman–Crippen LogP) is 4.96. The smallest absolute Gasteiger partial charge is 0.139 e. The third kappa shape index (κ3) is 6.00. The first kappa shape index (κ1) is 20.7. The zero-order valence-corrected chi connectivity index (χ0v) is 17.5. The van der Waals surface area contributed by atoms with Crippen molar-refractivity contribution in [3.8, 4) is 0 Å². The van der Waals surface area contributed by atoms with E-state index in [2.05, 4.69) is 30.4 Å². The van der Waals surface area contributed by atoms with Crippen molar-refractivity contribution in [2.24, 2.45) is 4.99 Å². The minimum Gasteiger partial charge on any atom is -0.267 e. The van der Waals surface area contributed by atoms with Gasteiger partial charge in [0.05, 0.1) is 17.8 Å². The number of alkyl halides is 1. The van der Waals surface area contributed by atoms with Gasteiger partial charge in [-0.25, -0.2) is 9.38 Å². The Morgan fingerprint density at radius 2 is 2.19 bits per heavy atom. The maximum Gasteiger partial charge on any atom is 0.139 e. The number of hydrogen-bond acceptors (Lipinski definition) is 3. The van der Waals surface area contributed by atoms with Gasteiger partial charge in [0.25, 0.3) is 0 Å². The molecule has 2 aromatic rings. The molecule has 4 nitrogen and oxygen atoms in total. The molecule has 0 saturated carbocycles. The molecule has 2 rings (SSSR count). The molecule has 140 valence electrons. The molecule has 2 heterocycles. The Kier molecular flexibility index (Phi) is 7.08. The lowest BCUT2D eigenvalue weighted by Crippen LogP contribution is -2.10. The lowest BCUT2D eigenvalue weighted by atomic mass is 10.1. The third-order valence-corrected chi connectivity index (χ3v) is 4.53. The van der Waals surface area contributed by atoms with Crippen LogP contribution in [-0.4, -0.2) is 25.3 Å². The second-order valence-corrected chi connectivity index (χ2v) is 8.18.